The zero-order chi connectivity index (χ0) is 29.4. The summed E-state index contributed by atoms with van der Waals surface area (Å²) in [5, 5.41) is 18.3. The van der Waals surface area contributed by atoms with Gasteiger partial charge in [0.15, 0.2) is 0 Å². The van der Waals surface area contributed by atoms with Gasteiger partial charge in [-0.25, -0.2) is 9.59 Å². The predicted octanol–water partition coefficient (Wildman–Crippen LogP) is 3.54. The monoisotopic (exact) mass is 555 g/mol. The standard InChI is InChI=1S/C29H41N5O6/c1-18(2)30-28(37)31-23-9-12-25-21(13-23)14-27(36)34(20(4)17-35)15-19(3)26(40-25)16-33(5)29(38)32-22-7-10-24(39-6)11-8-22/h7-13,18-20,26,35H,14-17H2,1-6H3,(H,32,38)(H2,30,31,37)/t19-,20-,26-/m1/s1. The highest BCUT2D eigenvalue weighted by atomic mass is 16.5. The predicted molar refractivity (Wildman–Crippen MR) is 154 cm³/mol. The number of nitrogens with one attached hydrogen (secondary N) is 3. The number of amides is 5. The van der Waals surface area contributed by atoms with E-state index in [0.29, 0.717) is 35.0 Å². The van der Waals surface area contributed by atoms with Gasteiger partial charge in [-0.1, -0.05) is 6.92 Å². The molecule has 1 heterocycles. The molecule has 0 aliphatic carbocycles. The molecule has 3 atom stereocenters. The minimum Gasteiger partial charge on any atom is -0.497 e. The maximum absolute atomic E-state index is 13.4. The summed E-state index contributed by atoms with van der Waals surface area (Å²) in [7, 11) is 3.26. The minimum absolute atomic E-state index is 0.0348. The van der Waals surface area contributed by atoms with Crippen molar-refractivity contribution in [3.05, 3.63) is 48.0 Å². The molecule has 1 aliphatic rings. The zero-order valence-corrected chi connectivity index (χ0v) is 24.1. The van der Waals surface area contributed by atoms with Gasteiger partial charge in [0, 0.05) is 42.5 Å². The van der Waals surface area contributed by atoms with Crippen LogP contribution in [0.3, 0.4) is 0 Å². The van der Waals surface area contributed by atoms with Crippen molar-refractivity contribution in [2.45, 2.75) is 52.3 Å². The Bertz CT molecular complexity index is 1170. The third-order valence-electron chi connectivity index (χ3n) is 6.74. The van der Waals surface area contributed by atoms with Crippen LogP contribution in [0.15, 0.2) is 42.5 Å². The number of methoxy groups -OCH3 is 1. The Balaban J connectivity index is 1.84. The summed E-state index contributed by atoms with van der Waals surface area (Å²) < 4.78 is 11.6. The Morgan fingerprint density at radius 3 is 2.42 bits per heavy atom. The number of anilines is 2. The van der Waals surface area contributed by atoms with Crippen molar-refractivity contribution in [1.29, 1.82) is 0 Å². The molecule has 0 unspecified atom stereocenters. The fraction of sp³-hybridized carbons (Fsp3) is 0.483. The molecule has 0 fully saturated rings. The number of likely N-dealkylation sites (N-methyl/N-ethyl adjacent to an activating group) is 1. The number of aliphatic hydroxyl groups is 1. The van der Waals surface area contributed by atoms with Crippen molar-refractivity contribution in [1.82, 2.24) is 15.1 Å². The summed E-state index contributed by atoms with van der Waals surface area (Å²) in [5.41, 5.74) is 1.75. The third-order valence-corrected chi connectivity index (χ3v) is 6.74. The second kappa shape index (κ2) is 13.9. The molecule has 0 bridgehead atoms. The number of benzene rings is 2. The molecule has 3 rings (SSSR count). The second-order valence-corrected chi connectivity index (χ2v) is 10.5. The van der Waals surface area contributed by atoms with Gasteiger partial charge in [0.25, 0.3) is 0 Å². The summed E-state index contributed by atoms with van der Waals surface area (Å²) in [6.07, 6.45) is -0.429. The highest BCUT2D eigenvalue weighted by Crippen LogP contribution is 2.29. The molecule has 11 heteroatoms. The van der Waals surface area contributed by atoms with Crippen LogP contribution in [0.25, 0.3) is 0 Å². The topological polar surface area (TPSA) is 132 Å². The molecule has 0 saturated carbocycles. The van der Waals surface area contributed by atoms with Crippen LogP contribution in [0.2, 0.25) is 0 Å². The SMILES string of the molecule is COc1ccc(NC(=O)N(C)C[C@H]2Oc3ccc(NC(=O)NC(C)C)cc3CC(=O)N([C@H](C)CO)C[C@H]2C)cc1. The van der Waals surface area contributed by atoms with E-state index >= 15 is 0 Å². The molecule has 2 aromatic rings. The number of carbonyl (C=O) groups is 3. The van der Waals surface area contributed by atoms with Crippen molar-refractivity contribution < 1.29 is 29.0 Å². The Morgan fingerprint density at radius 2 is 1.80 bits per heavy atom. The highest BCUT2D eigenvalue weighted by molar-refractivity contribution is 5.90. The number of nitrogens with zero attached hydrogens (tertiary/aromatic N) is 2. The average molecular weight is 556 g/mol. The lowest BCUT2D eigenvalue weighted by atomic mass is 10.0. The van der Waals surface area contributed by atoms with E-state index in [-0.39, 0.29) is 49.5 Å². The van der Waals surface area contributed by atoms with Gasteiger partial charge >= 0.3 is 12.1 Å². The van der Waals surface area contributed by atoms with Crippen molar-refractivity contribution in [3.8, 4) is 11.5 Å². The van der Waals surface area contributed by atoms with Crippen LogP contribution >= 0.6 is 0 Å². The fourth-order valence-corrected chi connectivity index (χ4v) is 4.40. The van der Waals surface area contributed by atoms with Crippen molar-refractivity contribution in [2.75, 3.05) is 44.5 Å². The van der Waals surface area contributed by atoms with Gasteiger partial charge in [-0.2, -0.15) is 0 Å². The smallest absolute Gasteiger partial charge is 0.321 e. The Morgan fingerprint density at radius 1 is 1.12 bits per heavy atom. The lowest BCUT2D eigenvalue weighted by Gasteiger charge is -2.34. The summed E-state index contributed by atoms with van der Waals surface area (Å²) in [6, 6.07) is 11.1. The summed E-state index contributed by atoms with van der Waals surface area (Å²) in [5.74, 6) is 0.860. The zero-order valence-electron chi connectivity index (χ0n) is 24.1. The molecule has 0 spiro atoms. The molecule has 0 radical (unpaired) electrons. The third kappa shape index (κ3) is 8.25. The summed E-state index contributed by atoms with van der Waals surface area (Å²) in [4.78, 5) is 41.8. The molecule has 0 saturated heterocycles. The maximum atomic E-state index is 13.4. The summed E-state index contributed by atoms with van der Waals surface area (Å²) in [6.45, 7) is 7.89. The fourth-order valence-electron chi connectivity index (χ4n) is 4.40. The van der Waals surface area contributed by atoms with E-state index < -0.39 is 12.1 Å². The van der Waals surface area contributed by atoms with Crippen molar-refractivity contribution in [3.63, 3.8) is 0 Å². The van der Waals surface area contributed by atoms with E-state index in [1.54, 1.807) is 68.4 Å². The van der Waals surface area contributed by atoms with Crippen LogP contribution < -0.4 is 25.4 Å². The normalized spacial score (nSPS) is 17.9. The molecule has 2 aromatic carbocycles. The van der Waals surface area contributed by atoms with Crippen LogP contribution in [-0.2, 0) is 11.2 Å². The average Bonchev–Trinajstić information content (AvgIpc) is 2.95. The van der Waals surface area contributed by atoms with Crippen LogP contribution in [0.5, 0.6) is 11.5 Å². The van der Waals surface area contributed by atoms with E-state index in [4.69, 9.17) is 9.47 Å². The van der Waals surface area contributed by atoms with E-state index in [1.807, 2.05) is 20.8 Å². The van der Waals surface area contributed by atoms with Gasteiger partial charge in [-0.05, 0) is 63.2 Å². The molecule has 218 valence electrons. The van der Waals surface area contributed by atoms with E-state index in [1.165, 1.54) is 4.90 Å². The second-order valence-electron chi connectivity index (χ2n) is 10.5. The maximum Gasteiger partial charge on any atom is 0.321 e. The molecule has 1 aliphatic heterocycles. The first kappa shape index (κ1) is 30.6. The lowest BCUT2D eigenvalue weighted by Crippen LogP contribution is -2.48. The number of urea groups is 2. The van der Waals surface area contributed by atoms with Gasteiger partial charge in [-0.15, -0.1) is 0 Å². The number of hydrogen-bond donors (Lipinski definition) is 4. The van der Waals surface area contributed by atoms with Gasteiger partial charge in [-0.3, -0.25) is 4.79 Å². The molecule has 4 N–H and O–H groups in total. The number of carbonyl (C=O) groups excluding carboxylic acids is 3. The van der Waals surface area contributed by atoms with Crippen LogP contribution in [0, 0.1) is 5.92 Å². The number of fused-ring (bicyclic) bond motifs is 1. The van der Waals surface area contributed by atoms with E-state index in [9.17, 15) is 19.5 Å². The van der Waals surface area contributed by atoms with Gasteiger partial charge < -0.3 is 40.3 Å². The first-order valence-corrected chi connectivity index (χ1v) is 13.4. The van der Waals surface area contributed by atoms with Crippen LogP contribution in [0.4, 0.5) is 21.0 Å². The van der Waals surface area contributed by atoms with Gasteiger partial charge in [0.2, 0.25) is 5.91 Å². The van der Waals surface area contributed by atoms with Gasteiger partial charge in [0.1, 0.15) is 17.6 Å². The first-order chi connectivity index (χ1) is 19.0. The highest BCUT2D eigenvalue weighted by Gasteiger charge is 2.32. The number of hydrogen-bond acceptors (Lipinski definition) is 6. The number of ether oxygens (including phenoxy) is 2. The lowest BCUT2D eigenvalue weighted by molar-refractivity contribution is -0.134. The number of aliphatic hydroxyl groups excluding tert-OH is 1. The molecule has 11 nitrogen and oxygen atoms in total. The molecular formula is C29H41N5O6. The largest absolute Gasteiger partial charge is 0.497 e. The first-order valence-electron chi connectivity index (χ1n) is 13.4. The number of rotatable bonds is 8. The Kier molecular flexibility index (Phi) is 10.6. The molecular weight excluding hydrogens is 514 g/mol. The van der Waals surface area contributed by atoms with Crippen molar-refractivity contribution >= 4 is 29.3 Å². The Hall–Kier alpha value is -3.99. The molecule has 40 heavy (non-hydrogen) atoms. The van der Waals surface area contributed by atoms with Crippen LogP contribution in [0.1, 0.15) is 33.3 Å². The Labute approximate surface area is 235 Å². The van der Waals surface area contributed by atoms with E-state index in [0.717, 1.165) is 0 Å². The minimum atomic E-state index is -0.465. The quantitative estimate of drug-likeness (QED) is 0.394. The molecule has 5 amide bonds. The van der Waals surface area contributed by atoms with E-state index in [2.05, 4.69) is 16.0 Å². The molecule has 0 aromatic heterocycles. The summed E-state index contributed by atoms with van der Waals surface area (Å²) >= 11 is 0. The van der Waals surface area contributed by atoms with Crippen molar-refractivity contribution in [2.24, 2.45) is 5.92 Å². The van der Waals surface area contributed by atoms with Gasteiger partial charge in [0.05, 0.1) is 32.7 Å². The van der Waals surface area contributed by atoms with Crippen LogP contribution in [-0.4, -0.2) is 84.9 Å².